The predicted molar refractivity (Wildman–Crippen MR) is 78.8 cm³/mol. The molecule has 2 aromatic rings. The minimum atomic E-state index is 0.615. The lowest BCUT2D eigenvalue weighted by molar-refractivity contribution is 0.393. The van der Waals surface area contributed by atoms with E-state index in [0.29, 0.717) is 12.4 Å². The Labute approximate surface area is 120 Å². The van der Waals surface area contributed by atoms with Gasteiger partial charge in [0.25, 0.3) is 0 Å². The van der Waals surface area contributed by atoms with E-state index in [1.165, 1.54) is 0 Å². The number of hydrogen-bond donors (Lipinski definition) is 1. The molecule has 0 saturated carbocycles. The van der Waals surface area contributed by atoms with Crippen molar-refractivity contribution in [2.75, 3.05) is 19.5 Å². The second-order valence-corrected chi connectivity index (χ2v) is 4.79. The predicted octanol–water partition coefficient (Wildman–Crippen LogP) is 3.47. The molecule has 1 N–H and O–H groups in total. The van der Waals surface area contributed by atoms with Crippen LogP contribution >= 0.6 is 15.9 Å². The Morgan fingerprint density at radius 2 is 2.05 bits per heavy atom. The summed E-state index contributed by atoms with van der Waals surface area (Å²) in [5.41, 5.74) is 1.91. The van der Waals surface area contributed by atoms with Gasteiger partial charge >= 0.3 is 0 Å². The molecule has 1 heterocycles. The summed E-state index contributed by atoms with van der Waals surface area (Å²) in [4.78, 5) is 4.17. The van der Waals surface area contributed by atoms with Crippen LogP contribution in [0, 0.1) is 0 Å². The third-order valence-electron chi connectivity index (χ3n) is 2.67. The van der Waals surface area contributed by atoms with Crippen LogP contribution in [0.2, 0.25) is 0 Å². The molecule has 0 fully saturated rings. The first-order valence-corrected chi connectivity index (χ1v) is 6.59. The lowest BCUT2D eigenvalue weighted by Crippen LogP contribution is -2.04. The molecule has 0 aliphatic heterocycles. The topological polar surface area (TPSA) is 43.4 Å². The number of ether oxygens (including phenoxy) is 2. The van der Waals surface area contributed by atoms with Crippen molar-refractivity contribution in [3.8, 4) is 11.6 Å². The van der Waals surface area contributed by atoms with Gasteiger partial charge < -0.3 is 14.8 Å². The molecule has 0 unspecified atom stereocenters. The minimum Gasteiger partial charge on any atom is -0.495 e. The Bertz CT molecular complexity index is 561. The monoisotopic (exact) mass is 322 g/mol. The Morgan fingerprint density at radius 1 is 1.21 bits per heavy atom. The fourth-order valence-corrected chi connectivity index (χ4v) is 2.11. The van der Waals surface area contributed by atoms with E-state index in [9.17, 15) is 0 Å². The van der Waals surface area contributed by atoms with Gasteiger partial charge in [0.2, 0.25) is 5.88 Å². The van der Waals surface area contributed by atoms with Crippen molar-refractivity contribution < 1.29 is 9.47 Å². The third-order valence-corrected chi connectivity index (χ3v) is 3.17. The van der Waals surface area contributed by atoms with E-state index in [-0.39, 0.29) is 0 Å². The number of aromatic nitrogens is 1. The second-order valence-electron chi connectivity index (χ2n) is 3.87. The van der Waals surface area contributed by atoms with E-state index in [1.807, 2.05) is 30.3 Å². The number of nitrogens with one attached hydrogen (secondary N) is 1. The zero-order valence-corrected chi connectivity index (χ0v) is 12.4. The van der Waals surface area contributed by atoms with Gasteiger partial charge in [-0.05, 0) is 24.3 Å². The van der Waals surface area contributed by atoms with Crippen molar-refractivity contribution in [1.29, 1.82) is 0 Å². The van der Waals surface area contributed by atoms with Gasteiger partial charge in [-0.15, -0.1) is 0 Å². The summed E-state index contributed by atoms with van der Waals surface area (Å²) < 4.78 is 11.5. The maximum atomic E-state index is 5.32. The van der Waals surface area contributed by atoms with Crippen LogP contribution in [-0.4, -0.2) is 19.2 Å². The van der Waals surface area contributed by atoms with Gasteiger partial charge in [0.15, 0.2) is 0 Å². The average Bonchev–Trinajstić information content (AvgIpc) is 2.45. The van der Waals surface area contributed by atoms with Crippen molar-refractivity contribution in [3.05, 3.63) is 46.6 Å². The summed E-state index contributed by atoms with van der Waals surface area (Å²) in [5, 5.41) is 3.32. The molecule has 5 heteroatoms. The Hall–Kier alpha value is -1.75. The van der Waals surface area contributed by atoms with Gasteiger partial charge in [-0.25, -0.2) is 4.98 Å². The standard InChI is InChI=1S/C14H15BrN2O2/c1-18-13-6-5-11(15)8-12(13)17-9-10-4-3-7-16-14(10)19-2/h3-8,17H,9H2,1-2H3. The van der Waals surface area contributed by atoms with Crippen LogP contribution < -0.4 is 14.8 Å². The number of anilines is 1. The fraction of sp³-hybridized carbons (Fsp3) is 0.214. The number of methoxy groups -OCH3 is 2. The number of pyridine rings is 1. The molecule has 0 bridgehead atoms. The molecule has 1 aromatic heterocycles. The van der Waals surface area contributed by atoms with Gasteiger partial charge in [0.05, 0.1) is 19.9 Å². The highest BCUT2D eigenvalue weighted by atomic mass is 79.9. The van der Waals surface area contributed by atoms with Gasteiger partial charge in [-0.1, -0.05) is 22.0 Å². The first-order valence-electron chi connectivity index (χ1n) is 5.80. The number of rotatable bonds is 5. The molecule has 0 saturated heterocycles. The van der Waals surface area contributed by atoms with Crippen molar-refractivity contribution in [1.82, 2.24) is 4.98 Å². The Balaban J connectivity index is 2.16. The first-order chi connectivity index (χ1) is 9.24. The molecule has 19 heavy (non-hydrogen) atoms. The summed E-state index contributed by atoms with van der Waals surface area (Å²) in [5.74, 6) is 1.43. The first kappa shape index (κ1) is 13.7. The van der Waals surface area contributed by atoms with Gasteiger partial charge in [-0.3, -0.25) is 0 Å². The molecular weight excluding hydrogens is 308 g/mol. The Kier molecular flexibility index (Phi) is 4.63. The maximum absolute atomic E-state index is 5.32. The smallest absolute Gasteiger partial charge is 0.218 e. The highest BCUT2D eigenvalue weighted by molar-refractivity contribution is 9.10. The highest BCUT2D eigenvalue weighted by Gasteiger charge is 2.06. The molecule has 4 nitrogen and oxygen atoms in total. The number of nitrogens with zero attached hydrogens (tertiary/aromatic N) is 1. The van der Waals surface area contributed by atoms with E-state index < -0.39 is 0 Å². The average molecular weight is 323 g/mol. The molecule has 2 rings (SSSR count). The number of halogens is 1. The van der Waals surface area contributed by atoms with Crippen molar-refractivity contribution >= 4 is 21.6 Å². The van der Waals surface area contributed by atoms with Crippen LogP contribution in [0.4, 0.5) is 5.69 Å². The molecule has 1 aromatic carbocycles. The van der Waals surface area contributed by atoms with Crippen molar-refractivity contribution in [2.24, 2.45) is 0 Å². The zero-order valence-electron chi connectivity index (χ0n) is 10.8. The van der Waals surface area contributed by atoms with E-state index >= 15 is 0 Å². The van der Waals surface area contributed by atoms with Crippen LogP contribution in [0.25, 0.3) is 0 Å². The summed E-state index contributed by atoms with van der Waals surface area (Å²) in [7, 11) is 3.27. The third kappa shape index (κ3) is 3.38. The molecule has 0 spiro atoms. The molecule has 0 amide bonds. The SMILES string of the molecule is COc1ccc(Br)cc1NCc1cccnc1OC. The van der Waals surface area contributed by atoms with Crippen molar-refractivity contribution in [3.63, 3.8) is 0 Å². The van der Waals surface area contributed by atoms with Crippen LogP contribution in [0.5, 0.6) is 11.6 Å². The summed E-state index contributed by atoms with van der Waals surface area (Å²) in [6.45, 7) is 0.615. The Morgan fingerprint density at radius 3 is 2.79 bits per heavy atom. The molecule has 100 valence electrons. The normalized spacial score (nSPS) is 10.1. The van der Waals surface area contributed by atoms with E-state index in [0.717, 1.165) is 21.5 Å². The van der Waals surface area contributed by atoms with Gasteiger partial charge in [0.1, 0.15) is 5.75 Å². The molecular formula is C14H15BrN2O2. The molecule has 0 aliphatic carbocycles. The van der Waals surface area contributed by atoms with Crippen LogP contribution in [0.15, 0.2) is 41.0 Å². The molecule has 0 radical (unpaired) electrons. The second kappa shape index (κ2) is 6.43. The maximum Gasteiger partial charge on any atom is 0.218 e. The summed E-state index contributed by atoms with van der Waals surface area (Å²) >= 11 is 3.45. The van der Waals surface area contributed by atoms with Gasteiger partial charge in [-0.2, -0.15) is 0 Å². The summed E-state index contributed by atoms with van der Waals surface area (Å²) in [6, 6.07) is 9.68. The minimum absolute atomic E-state index is 0.615. The van der Waals surface area contributed by atoms with Crippen LogP contribution in [0.1, 0.15) is 5.56 Å². The summed E-state index contributed by atoms with van der Waals surface area (Å²) in [6.07, 6.45) is 1.71. The van der Waals surface area contributed by atoms with Crippen LogP contribution in [-0.2, 0) is 6.54 Å². The van der Waals surface area contributed by atoms with E-state index in [4.69, 9.17) is 9.47 Å². The van der Waals surface area contributed by atoms with Gasteiger partial charge in [0, 0.05) is 22.8 Å². The highest BCUT2D eigenvalue weighted by Crippen LogP contribution is 2.28. The van der Waals surface area contributed by atoms with E-state index in [1.54, 1.807) is 20.4 Å². The molecule has 0 atom stereocenters. The number of benzene rings is 1. The molecule has 0 aliphatic rings. The number of hydrogen-bond acceptors (Lipinski definition) is 4. The van der Waals surface area contributed by atoms with Crippen LogP contribution in [0.3, 0.4) is 0 Å². The fourth-order valence-electron chi connectivity index (χ4n) is 1.75. The largest absolute Gasteiger partial charge is 0.495 e. The lowest BCUT2D eigenvalue weighted by atomic mass is 10.2. The quantitative estimate of drug-likeness (QED) is 0.915. The zero-order chi connectivity index (χ0) is 13.7. The van der Waals surface area contributed by atoms with Crippen molar-refractivity contribution in [2.45, 2.75) is 6.54 Å². The lowest BCUT2D eigenvalue weighted by Gasteiger charge is -2.12. The van der Waals surface area contributed by atoms with E-state index in [2.05, 4.69) is 26.2 Å².